The van der Waals surface area contributed by atoms with Crippen molar-refractivity contribution in [2.24, 2.45) is 0 Å². The second-order valence-electron chi connectivity index (χ2n) is 4.45. The van der Waals surface area contributed by atoms with Crippen LogP contribution in [0.5, 0.6) is 5.75 Å². The first kappa shape index (κ1) is 11.9. The van der Waals surface area contributed by atoms with Gasteiger partial charge in [0.25, 0.3) is 0 Å². The van der Waals surface area contributed by atoms with E-state index in [2.05, 4.69) is 0 Å². The minimum Gasteiger partial charge on any atom is -0.496 e. The van der Waals surface area contributed by atoms with Crippen LogP contribution in [-0.2, 0) is 4.74 Å². The van der Waals surface area contributed by atoms with Gasteiger partial charge in [-0.25, -0.2) is 0 Å². The lowest BCUT2D eigenvalue weighted by molar-refractivity contribution is 0.0953. The first-order valence-electron chi connectivity index (χ1n) is 6.19. The summed E-state index contributed by atoms with van der Waals surface area (Å²) in [5.41, 5.74) is 1.61. The van der Waals surface area contributed by atoms with Gasteiger partial charge in [0.05, 0.1) is 7.11 Å². The van der Waals surface area contributed by atoms with Gasteiger partial charge in [-0.2, -0.15) is 0 Å². The molecule has 0 aliphatic carbocycles. The molecule has 1 saturated heterocycles. The van der Waals surface area contributed by atoms with Crippen molar-refractivity contribution in [2.45, 2.75) is 12.2 Å². The first-order valence-corrected chi connectivity index (χ1v) is 6.19. The Labute approximate surface area is 111 Å². The zero-order valence-electron chi connectivity index (χ0n) is 10.6. The number of rotatable bonds is 4. The number of epoxide rings is 1. The summed E-state index contributed by atoms with van der Waals surface area (Å²) in [6, 6.07) is 16.8. The molecule has 0 bridgehead atoms. The molecular formula is C16H14O3. The Morgan fingerprint density at radius 3 is 2.47 bits per heavy atom. The normalized spacial score (nSPS) is 20.9. The molecular weight excluding hydrogens is 240 g/mol. The molecule has 2 unspecified atom stereocenters. The van der Waals surface area contributed by atoms with Gasteiger partial charge in [-0.1, -0.05) is 48.5 Å². The molecule has 2 aromatic carbocycles. The Hall–Kier alpha value is -2.13. The number of methoxy groups -OCH3 is 1. The maximum absolute atomic E-state index is 12.2. The SMILES string of the molecule is COc1ccccc1C1OC1C(=O)c1ccccc1. The molecule has 96 valence electrons. The number of Topliss-reactive ketones (excluding diaryl/α,β-unsaturated/α-hetero) is 1. The number of hydrogen-bond acceptors (Lipinski definition) is 3. The molecule has 3 rings (SSSR count). The topological polar surface area (TPSA) is 38.8 Å². The van der Waals surface area contributed by atoms with Crippen LogP contribution in [0.25, 0.3) is 0 Å². The predicted molar refractivity (Wildman–Crippen MR) is 71.4 cm³/mol. The fourth-order valence-corrected chi connectivity index (χ4v) is 2.22. The summed E-state index contributed by atoms with van der Waals surface area (Å²) in [5, 5.41) is 0. The van der Waals surface area contributed by atoms with Crippen molar-refractivity contribution in [3.8, 4) is 5.75 Å². The quantitative estimate of drug-likeness (QED) is 0.622. The summed E-state index contributed by atoms with van der Waals surface area (Å²) in [7, 11) is 1.62. The Kier molecular flexibility index (Phi) is 3.05. The Morgan fingerprint density at radius 1 is 1.05 bits per heavy atom. The number of ketones is 1. The van der Waals surface area contributed by atoms with Crippen molar-refractivity contribution in [3.05, 3.63) is 65.7 Å². The minimum atomic E-state index is -0.390. The number of carbonyl (C=O) groups excluding carboxylic acids is 1. The number of para-hydroxylation sites is 1. The average molecular weight is 254 g/mol. The summed E-state index contributed by atoms with van der Waals surface area (Å²) in [4.78, 5) is 12.2. The van der Waals surface area contributed by atoms with Crippen LogP contribution in [-0.4, -0.2) is 19.0 Å². The summed E-state index contributed by atoms with van der Waals surface area (Å²) < 4.78 is 10.8. The average Bonchev–Trinajstić information content (AvgIpc) is 3.27. The third-order valence-corrected chi connectivity index (χ3v) is 3.25. The van der Waals surface area contributed by atoms with E-state index in [0.29, 0.717) is 5.56 Å². The lowest BCUT2D eigenvalue weighted by Crippen LogP contribution is -2.08. The monoisotopic (exact) mass is 254 g/mol. The van der Waals surface area contributed by atoms with Gasteiger partial charge in [-0.3, -0.25) is 4.79 Å². The summed E-state index contributed by atoms with van der Waals surface area (Å²) in [5.74, 6) is 0.785. The molecule has 0 amide bonds. The van der Waals surface area contributed by atoms with E-state index >= 15 is 0 Å². The van der Waals surface area contributed by atoms with E-state index in [0.717, 1.165) is 11.3 Å². The molecule has 3 nitrogen and oxygen atoms in total. The molecule has 0 saturated carbocycles. The first-order chi connectivity index (χ1) is 9.31. The van der Waals surface area contributed by atoms with Crippen molar-refractivity contribution in [1.29, 1.82) is 0 Å². The van der Waals surface area contributed by atoms with Crippen LogP contribution in [0.1, 0.15) is 22.0 Å². The van der Waals surface area contributed by atoms with Crippen LogP contribution < -0.4 is 4.74 Å². The molecule has 0 spiro atoms. The third kappa shape index (κ3) is 2.25. The van der Waals surface area contributed by atoms with Crippen molar-refractivity contribution in [2.75, 3.05) is 7.11 Å². The molecule has 0 N–H and O–H groups in total. The number of carbonyl (C=O) groups is 1. The predicted octanol–water partition coefficient (Wildman–Crippen LogP) is 3.02. The highest BCUT2D eigenvalue weighted by Crippen LogP contribution is 2.44. The van der Waals surface area contributed by atoms with E-state index in [1.807, 2.05) is 54.6 Å². The highest BCUT2D eigenvalue weighted by atomic mass is 16.6. The van der Waals surface area contributed by atoms with Gasteiger partial charge in [0.1, 0.15) is 11.9 Å². The molecule has 0 radical (unpaired) electrons. The Bertz CT molecular complexity index is 592. The van der Waals surface area contributed by atoms with Gasteiger partial charge in [-0.05, 0) is 6.07 Å². The van der Waals surface area contributed by atoms with E-state index in [1.165, 1.54) is 0 Å². The van der Waals surface area contributed by atoms with E-state index in [-0.39, 0.29) is 11.9 Å². The van der Waals surface area contributed by atoms with E-state index in [9.17, 15) is 4.79 Å². The molecule has 19 heavy (non-hydrogen) atoms. The fraction of sp³-hybridized carbons (Fsp3) is 0.188. The van der Waals surface area contributed by atoms with Crippen molar-refractivity contribution >= 4 is 5.78 Å². The van der Waals surface area contributed by atoms with Gasteiger partial charge in [0, 0.05) is 11.1 Å². The molecule has 3 heteroatoms. The number of ether oxygens (including phenoxy) is 2. The van der Waals surface area contributed by atoms with Crippen LogP contribution >= 0.6 is 0 Å². The summed E-state index contributed by atoms with van der Waals surface area (Å²) in [6.07, 6.45) is -0.581. The molecule has 1 fully saturated rings. The van der Waals surface area contributed by atoms with Crippen LogP contribution in [0.2, 0.25) is 0 Å². The minimum absolute atomic E-state index is 0.0245. The van der Waals surface area contributed by atoms with Gasteiger partial charge in [-0.15, -0.1) is 0 Å². The maximum atomic E-state index is 12.2. The van der Waals surface area contributed by atoms with Crippen molar-refractivity contribution < 1.29 is 14.3 Å². The summed E-state index contributed by atoms with van der Waals surface area (Å²) >= 11 is 0. The van der Waals surface area contributed by atoms with Crippen LogP contribution in [0, 0.1) is 0 Å². The molecule has 1 heterocycles. The number of benzene rings is 2. The van der Waals surface area contributed by atoms with E-state index < -0.39 is 6.10 Å². The van der Waals surface area contributed by atoms with Gasteiger partial charge in [0.2, 0.25) is 0 Å². The number of hydrogen-bond donors (Lipinski definition) is 0. The molecule has 2 atom stereocenters. The lowest BCUT2D eigenvalue weighted by atomic mass is 10.0. The largest absolute Gasteiger partial charge is 0.496 e. The highest BCUT2D eigenvalue weighted by Gasteiger charge is 2.47. The smallest absolute Gasteiger partial charge is 0.194 e. The van der Waals surface area contributed by atoms with E-state index in [1.54, 1.807) is 7.11 Å². The molecule has 2 aromatic rings. The molecule has 1 aliphatic rings. The lowest BCUT2D eigenvalue weighted by Gasteiger charge is -2.04. The Balaban J connectivity index is 1.80. The van der Waals surface area contributed by atoms with Gasteiger partial charge < -0.3 is 9.47 Å². The van der Waals surface area contributed by atoms with E-state index in [4.69, 9.17) is 9.47 Å². The van der Waals surface area contributed by atoms with Crippen molar-refractivity contribution in [1.82, 2.24) is 0 Å². The Morgan fingerprint density at radius 2 is 1.74 bits per heavy atom. The van der Waals surface area contributed by atoms with Crippen LogP contribution in [0.15, 0.2) is 54.6 Å². The third-order valence-electron chi connectivity index (χ3n) is 3.25. The van der Waals surface area contributed by atoms with Crippen LogP contribution in [0.3, 0.4) is 0 Å². The zero-order valence-corrected chi connectivity index (χ0v) is 10.6. The molecule has 0 aromatic heterocycles. The second-order valence-corrected chi connectivity index (χ2v) is 4.45. The molecule has 1 aliphatic heterocycles. The standard InChI is InChI=1S/C16H14O3/c1-18-13-10-6-5-9-12(13)15-16(19-15)14(17)11-7-3-2-4-8-11/h2-10,15-16H,1H3. The van der Waals surface area contributed by atoms with Gasteiger partial charge >= 0.3 is 0 Å². The van der Waals surface area contributed by atoms with Crippen molar-refractivity contribution in [3.63, 3.8) is 0 Å². The second kappa shape index (κ2) is 4.86. The highest BCUT2D eigenvalue weighted by molar-refractivity contribution is 6.01. The summed E-state index contributed by atoms with van der Waals surface area (Å²) in [6.45, 7) is 0. The zero-order chi connectivity index (χ0) is 13.2. The van der Waals surface area contributed by atoms with Gasteiger partial charge in [0.15, 0.2) is 11.9 Å². The maximum Gasteiger partial charge on any atom is 0.194 e. The fourth-order valence-electron chi connectivity index (χ4n) is 2.22. The van der Waals surface area contributed by atoms with Crippen LogP contribution in [0.4, 0.5) is 0 Å².